The summed E-state index contributed by atoms with van der Waals surface area (Å²) < 4.78 is 5.56. The molecule has 1 aliphatic rings. The van der Waals surface area contributed by atoms with E-state index in [1.807, 2.05) is 0 Å². The summed E-state index contributed by atoms with van der Waals surface area (Å²) in [4.78, 5) is 30.5. The van der Waals surface area contributed by atoms with Crippen LogP contribution in [-0.4, -0.2) is 40.9 Å². The van der Waals surface area contributed by atoms with Crippen LogP contribution in [0.4, 0.5) is 5.13 Å². The second kappa shape index (κ2) is 8.31. The van der Waals surface area contributed by atoms with E-state index in [1.165, 1.54) is 11.3 Å². The Kier molecular flexibility index (Phi) is 5.88. The lowest BCUT2D eigenvalue weighted by atomic mass is 10.2. The molecule has 0 spiro atoms. The number of halogens is 1. The summed E-state index contributed by atoms with van der Waals surface area (Å²) in [6.45, 7) is 0.855. The zero-order chi connectivity index (χ0) is 17.6. The number of rotatable bonds is 6. The van der Waals surface area contributed by atoms with Crippen LogP contribution in [0.25, 0.3) is 0 Å². The number of ether oxygens (including phenoxy) is 1. The number of anilines is 1. The highest BCUT2D eigenvalue weighted by atomic mass is 35.5. The average molecular weight is 380 g/mol. The fourth-order valence-electron chi connectivity index (χ4n) is 2.74. The summed E-state index contributed by atoms with van der Waals surface area (Å²) in [5.41, 5.74) is 0. The second-order valence-electron chi connectivity index (χ2n) is 5.62. The Hall–Kier alpha value is -2.12. The van der Waals surface area contributed by atoms with Gasteiger partial charge in [-0.3, -0.25) is 9.59 Å². The van der Waals surface area contributed by atoms with Gasteiger partial charge in [0.1, 0.15) is 11.8 Å². The van der Waals surface area contributed by atoms with Crippen LogP contribution < -0.4 is 10.1 Å². The number of nitrogens with one attached hydrogen (secondary N) is 1. The van der Waals surface area contributed by atoms with Crippen LogP contribution in [0, 0.1) is 0 Å². The van der Waals surface area contributed by atoms with Crippen molar-refractivity contribution in [1.82, 2.24) is 9.88 Å². The molecule has 25 heavy (non-hydrogen) atoms. The Labute approximate surface area is 154 Å². The molecule has 8 heteroatoms. The first-order chi connectivity index (χ1) is 12.1. The second-order valence-corrected chi connectivity index (χ2v) is 6.96. The summed E-state index contributed by atoms with van der Waals surface area (Å²) in [5.74, 6) is 0.404. The minimum Gasteiger partial charge on any atom is -0.493 e. The van der Waals surface area contributed by atoms with E-state index >= 15 is 0 Å². The van der Waals surface area contributed by atoms with Gasteiger partial charge in [-0.1, -0.05) is 11.6 Å². The summed E-state index contributed by atoms with van der Waals surface area (Å²) in [6, 6.07) is 6.54. The number of likely N-dealkylation sites (tertiary alicyclic amines) is 1. The predicted octanol–water partition coefficient (Wildman–Crippen LogP) is 3.20. The quantitative estimate of drug-likeness (QED) is 0.836. The molecule has 1 unspecified atom stereocenters. The third-order valence-corrected chi connectivity index (χ3v) is 4.88. The van der Waals surface area contributed by atoms with Crippen LogP contribution in [-0.2, 0) is 9.59 Å². The smallest absolute Gasteiger partial charge is 0.248 e. The first-order valence-corrected chi connectivity index (χ1v) is 9.27. The Morgan fingerprint density at radius 3 is 2.88 bits per heavy atom. The lowest BCUT2D eigenvalue weighted by Gasteiger charge is -2.23. The number of amides is 2. The Balaban J connectivity index is 1.50. The molecule has 2 amide bonds. The van der Waals surface area contributed by atoms with Gasteiger partial charge in [0, 0.05) is 23.1 Å². The van der Waals surface area contributed by atoms with Crippen LogP contribution in [0.1, 0.15) is 19.3 Å². The maximum absolute atomic E-state index is 12.4. The molecular weight excluding hydrogens is 362 g/mol. The molecule has 1 saturated heterocycles. The van der Waals surface area contributed by atoms with Gasteiger partial charge in [-0.25, -0.2) is 4.98 Å². The topological polar surface area (TPSA) is 71.5 Å². The molecule has 1 atom stereocenters. The first-order valence-electron chi connectivity index (χ1n) is 8.01. The van der Waals surface area contributed by atoms with Crippen LogP contribution in [0.2, 0.25) is 5.02 Å². The zero-order valence-corrected chi connectivity index (χ0v) is 15.1. The maximum Gasteiger partial charge on any atom is 0.248 e. The van der Waals surface area contributed by atoms with E-state index in [9.17, 15) is 9.59 Å². The largest absolute Gasteiger partial charge is 0.493 e. The van der Waals surface area contributed by atoms with Crippen molar-refractivity contribution < 1.29 is 14.3 Å². The van der Waals surface area contributed by atoms with Crippen molar-refractivity contribution in [3.05, 3.63) is 40.9 Å². The number of benzene rings is 1. The van der Waals surface area contributed by atoms with Crippen LogP contribution in [0.15, 0.2) is 35.8 Å². The molecule has 6 nitrogen and oxygen atoms in total. The zero-order valence-electron chi connectivity index (χ0n) is 13.5. The molecule has 0 saturated carbocycles. The summed E-state index contributed by atoms with van der Waals surface area (Å²) >= 11 is 7.18. The van der Waals surface area contributed by atoms with Crippen molar-refractivity contribution in [2.24, 2.45) is 0 Å². The van der Waals surface area contributed by atoms with Gasteiger partial charge in [0.25, 0.3) is 0 Å². The average Bonchev–Trinajstić information content (AvgIpc) is 3.27. The van der Waals surface area contributed by atoms with Gasteiger partial charge in [-0.05, 0) is 37.1 Å². The lowest BCUT2D eigenvalue weighted by Crippen LogP contribution is -2.43. The molecule has 3 rings (SSSR count). The number of hydrogen-bond donors (Lipinski definition) is 1. The van der Waals surface area contributed by atoms with E-state index in [4.69, 9.17) is 16.3 Å². The van der Waals surface area contributed by atoms with Crippen molar-refractivity contribution >= 4 is 39.9 Å². The number of carbonyl (C=O) groups is 2. The van der Waals surface area contributed by atoms with Gasteiger partial charge in [-0.15, -0.1) is 11.3 Å². The molecule has 0 bridgehead atoms. The third-order valence-electron chi connectivity index (χ3n) is 3.94. The van der Waals surface area contributed by atoms with Gasteiger partial charge in [-0.2, -0.15) is 0 Å². The molecule has 1 N–H and O–H groups in total. The SMILES string of the molecule is O=C(Nc1nccs1)C1CCCN1C(=O)CCOc1ccc(Cl)cc1. The minimum absolute atomic E-state index is 0.0780. The van der Waals surface area contributed by atoms with E-state index < -0.39 is 6.04 Å². The Morgan fingerprint density at radius 1 is 1.36 bits per heavy atom. The van der Waals surface area contributed by atoms with Crippen LogP contribution in [0.3, 0.4) is 0 Å². The van der Waals surface area contributed by atoms with Crippen LogP contribution >= 0.6 is 22.9 Å². The highest BCUT2D eigenvalue weighted by molar-refractivity contribution is 7.13. The standard InChI is InChI=1S/C17H18ClN3O3S/c18-12-3-5-13(6-4-12)24-10-7-15(22)21-9-1-2-14(21)16(23)20-17-19-8-11-25-17/h3-6,8,11,14H,1-2,7,9-10H2,(H,19,20,23). The number of hydrogen-bond acceptors (Lipinski definition) is 5. The Bertz CT molecular complexity index is 721. The van der Waals surface area contributed by atoms with Crippen molar-refractivity contribution in [3.63, 3.8) is 0 Å². The van der Waals surface area contributed by atoms with Crippen molar-refractivity contribution in [2.45, 2.75) is 25.3 Å². The predicted molar refractivity (Wildman–Crippen MR) is 97.0 cm³/mol. The fraction of sp³-hybridized carbons (Fsp3) is 0.353. The molecule has 0 radical (unpaired) electrons. The van der Waals surface area contributed by atoms with Gasteiger partial charge in [0.05, 0.1) is 13.0 Å². The molecule has 1 aromatic carbocycles. The summed E-state index contributed by atoms with van der Waals surface area (Å²) in [6.07, 6.45) is 3.34. The molecule has 1 aromatic heterocycles. The lowest BCUT2D eigenvalue weighted by molar-refractivity contribution is -0.137. The number of aromatic nitrogens is 1. The van der Waals surface area contributed by atoms with E-state index in [0.29, 0.717) is 28.9 Å². The summed E-state index contributed by atoms with van der Waals surface area (Å²) in [5, 5.41) is 5.74. The van der Waals surface area contributed by atoms with Crippen molar-refractivity contribution in [1.29, 1.82) is 0 Å². The molecule has 2 aromatic rings. The molecule has 0 aliphatic carbocycles. The van der Waals surface area contributed by atoms with Crippen LogP contribution in [0.5, 0.6) is 5.75 Å². The fourth-order valence-corrected chi connectivity index (χ4v) is 3.40. The maximum atomic E-state index is 12.4. The number of thiazole rings is 1. The highest BCUT2D eigenvalue weighted by Gasteiger charge is 2.34. The highest BCUT2D eigenvalue weighted by Crippen LogP contribution is 2.21. The molecular formula is C17H18ClN3O3S. The van der Waals surface area contributed by atoms with E-state index in [-0.39, 0.29) is 24.8 Å². The van der Waals surface area contributed by atoms with E-state index in [1.54, 1.807) is 40.7 Å². The monoisotopic (exact) mass is 379 g/mol. The van der Waals surface area contributed by atoms with Gasteiger partial charge >= 0.3 is 0 Å². The third kappa shape index (κ3) is 4.70. The Morgan fingerprint density at radius 2 is 2.16 bits per heavy atom. The normalized spacial score (nSPS) is 16.7. The van der Waals surface area contributed by atoms with Gasteiger partial charge in [0.2, 0.25) is 11.8 Å². The van der Waals surface area contributed by atoms with Gasteiger partial charge in [0.15, 0.2) is 5.13 Å². The van der Waals surface area contributed by atoms with Gasteiger partial charge < -0.3 is 15.0 Å². The number of nitrogens with zero attached hydrogens (tertiary/aromatic N) is 2. The molecule has 1 aliphatic heterocycles. The molecule has 132 valence electrons. The van der Waals surface area contributed by atoms with E-state index in [0.717, 1.165) is 6.42 Å². The van der Waals surface area contributed by atoms with E-state index in [2.05, 4.69) is 10.3 Å². The molecule has 2 heterocycles. The number of carbonyl (C=O) groups excluding carboxylic acids is 2. The molecule has 1 fully saturated rings. The first kappa shape index (κ1) is 17.7. The van der Waals surface area contributed by atoms with Crippen molar-refractivity contribution in [2.75, 3.05) is 18.5 Å². The minimum atomic E-state index is -0.438. The van der Waals surface area contributed by atoms with Crippen molar-refractivity contribution in [3.8, 4) is 5.75 Å². The summed E-state index contributed by atoms with van der Waals surface area (Å²) in [7, 11) is 0.